The largest absolute Gasteiger partial charge is 0.241 e. The van der Waals surface area contributed by atoms with Crippen LogP contribution >= 0.6 is 11.3 Å². The molecule has 0 atom stereocenters. The van der Waals surface area contributed by atoms with Crippen molar-refractivity contribution in [3.8, 4) is 0 Å². The maximum atomic E-state index is 4.52. The average molecular weight is 189 g/mol. The highest BCUT2D eigenvalue weighted by atomic mass is 32.1. The summed E-state index contributed by atoms with van der Waals surface area (Å²) in [7, 11) is 0. The Morgan fingerprint density at radius 1 is 1.38 bits per heavy atom. The zero-order valence-corrected chi connectivity index (χ0v) is 8.34. The Hall–Kier alpha value is -1.15. The number of hydrogen-bond acceptors (Lipinski definition) is 2. The molecule has 0 aliphatic heterocycles. The fourth-order valence-electron chi connectivity index (χ4n) is 1.23. The van der Waals surface area contributed by atoms with E-state index in [9.17, 15) is 0 Å². The molecule has 0 unspecified atom stereocenters. The molecule has 1 heterocycles. The lowest BCUT2D eigenvalue weighted by atomic mass is 10.3. The van der Waals surface area contributed by atoms with Crippen molar-refractivity contribution < 1.29 is 0 Å². The molecule has 0 N–H and O–H groups in total. The van der Waals surface area contributed by atoms with Gasteiger partial charge < -0.3 is 0 Å². The van der Waals surface area contributed by atoms with Gasteiger partial charge in [-0.15, -0.1) is 11.3 Å². The quantitative estimate of drug-likeness (QED) is 0.660. The summed E-state index contributed by atoms with van der Waals surface area (Å²) < 4.78 is 1.28. The van der Waals surface area contributed by atoms with E-state index in [0.717, 1.165) is 11.9 Å². The number of thiazole rings is 1. The van der Waals surface area contributed by atoms with Crippen LogP contribution in [0, 0.1) is 0 Å². The van der Waals surface area contributed by atoms with Gasteiger partial charge in [-0.2, -0.15) is 0 Å². The lowest BCUT2D eigenvalue weighted by Gasteiger charge is -1.82. The Kier molecular flexibility index (Phi) is 2.41. The van der Waals surface area contributed by atoms with E-state index < -0.39 is 0 Å². The highest BCUT2D eigenvalue weighted by molar-refractivity contribution is 7.18. The van der Waals surface area contributed by atoms with Crippen LogP contribution in [-0.2, 0) is 6.42 Å². The van der Waals surface area contributed by atoms with E-state index in [1.54, 1.807) is 11.3 Å². The van der Waals surface area contributed by atoms with Crippen LogP contribution in [-0.4, -0.2) is 4.98 Å². The summed E-state index contributed by atoms with van der Waals surface area (Å²) in [4.78, 5) is 4.52. The molecule has 0 spiro atoms. The van der Waals surface area contributed by atoms with Gasteiger partial charge in [0.25, 0.3) is 0 Å². The molecule has 0 saturated heterocycles. The molecule has 1 aromatic carbocycles. The second-order valence-electron chi connectivity index (χ2n) is 2.85. The monoisotopic (exact) mass is 189 g/mol. The van der Waals surface area contributed by atoms with Crippen LogP contribution in [0.1, 0.15) is 11.9 Å². The molecule has 2 rings (SSSR count). The number of para-hydroxylation sites is 1. The van der Waals surface area contributed by atoms with Gasteiger partial charge >= 0.3 is 0 Å². The Morgan fingerprint density at radius 2 is 2.23 bits per heavy atom. The first-order chi connectivity index (χ1) is 6.40. The predicted molar refractivity (Wildman–Crippen MR) is 58.1 cm³/mol. The molecule has 0 saturated carbocycles. The van der Waals surface area contributed by atoms with Gasteiger partial charge in [-0.05, 0) is 19.1 Å². The van der Waals surface area contributed by atoms with Gasteiger partial charge in [-0.25, -0.2) is 4.98 Å². The third kappa shape index (κ3) is 1.78. The van der Waals surface area contributed by atoms with Crippen LogP contribution < -0.4 is 0 Å². The summed E-state index contributed by atoms with van der Waals surface area (Å²) >= 11 is 1.77. The van der Waals surface area contributed by atoms with Gasteiger partial charge in [0.15, 0.2) is 0 Å². The summed E-state index contributed by atoms with van der Waals surface area (Å²) in [5.41, 5.74) is 1.12. The van der Waals surface area contributed by atoms with Crippen molar-refractivity contribution in [2.75, 3.05) is 0 Å². The van der Waals surface area contributed by atoms with E-state index in [1.807, 2.05) is 13.0 Å². The van der Waals surface area contributed by atoms with Crippen molar-refractivity contribution in [2.45, 2.75) is 13.3 Å². The van der Waals surface area contributed by atoms with Gasteiger partial charge in [0.05, 0.1) is 15.2 Å². The normalized spacial score (nSPS) is 11.5. The third-order valence-corrected chi connectivity index (χ3v) is 2.93. The maximum absolute atomic E-state index is 4.52. The lowest BCUT2D eigenvalue weighted by molar-refractivity contribution is 1.21. The standard InChI is InChI=1S/C11H11NS/c1-2-3-8-11-12-9-6-4-5-7-10(9)13-11/h2-7H,8H2,1H3/b3-2+. The van der Waals surface area contributed by atoms with E-state index in [1.165, 1.54) is 9.71 Å². The molecule has 0 aliphatic rings. The summed E-state index contributed by atoms with van der Waals surface area (Å²) in [6.07, 6.45) is 5.15. The van der Waals surface area contributed by atoms with Gasteiger partial charge in [0.2, 0.25) is 0 Å². The summed E-state index contributed by atoms with van der Waals surface area (Å²) in [5, 5.41) is 1.19. The number of allylic oxidation sites excluding steroid dienone is 2. The molecule has 2 heteroatoms. The minimum atomic E-state index is 0.954. The van der Waals surface area contributed by atoms with E-state index in [2.05, 4.69) is 35.3 Å². The zero-order valence-electron chi connectivity index (χ0n) is 7.53. The number of nitrogens with zero attached hydrogens (tertiary/aromatic N) is 1. The molecule has 0 amide bonds. The molecule has 0 bridgehead atoms. The van der Waals surface area contributed by atoms with Crippen molar-refractivity contribution >= 4 is 21.6 Å². The van der Waals surface area contributed by atoms with E-state index in [-0.39, 0.29) is 0 Å². The lowest BCUT2D eigenvalue weighted by Crippen LogP contribution is -1.75. The third-order valence-electron chi connectivity index (χ3n) is 1.87. The number of fused-ring (bicyclic) bond motifs is 1. The van der Waals surface area contributed by atoms with Crippen molar-refractivity contribution in [3.63, 3.8) is 0 Å². The van der Waals surface area contributed by atoms with Crippen molar-refractivity contribution in [3.05, 3.63) is 41.4 Å². The second kappa shape index (κ2) is 3.71. The van der Waals surface area contributed by atoms with Crippen molar-refractivity contribution in [2.24, 2.45) is 0 Å². The molecule has 1 aromatic heterocycles. The zero-order chi connectivity index (χ0) is 9.10. The first-order valence-corrected chi connectivity index (χ1v) is 5.17. The molecule has 0 radical (unpaired) electrons. The molecule has 1 nitrogen and oxygen atoms in total. The summed E-state index contributed by atoms with van der Waals surface area (Å²) in [6, 6.07) is 8.26. The Balaban J connectivity index is 2.38. The SMILES string of the molecule is C/C=C/Cc1nc2ccccc2s1. The first-order valence-electron chi connectivity index (χ1n) is 4.36. The Bertz CT molecular complexity index is 395. The minimum absolute atomic E-state index is 0.954. The van der Waals surface area contributed by atoms with Gasteiger partial charge in [0, 0.05) is 6.42 Å². The van der Waals surface area contributed by atoms with Gasteiger partial charge in [-0.3, -0.25) is 0 Å². The maximum Gasteiger partial charge on any atom is 0.0976 e. The minimum Gasteiger partial charge on any atom is -0.241 e. The van der Waals surface area contributed by atoms with Crippen molar-refractivity contribution in [1.29, 1.82) is 0 Å². The summed E-state index contributed by atoms with van der Waals surface area (Å²) in [5.74, 6) is 0. The number of rotatable bonds is 2. The van der Waals surface area contributed by atoms with Crippen LogP contribution in [0.3, 0.4) is 0 Å². The van der Waals surface area contributed by atoms with Crippen molar-refractivity contribution in [1.82, 2.24) is 4.98 Å². The van der Waals surface area contributed by atoms with Gasteiger partial charge in [-0.1, -0.05) is 24.3 Å². The molecule has 0 fully saturated rings. The van der Waals surface area contributed by atoms with Crippen LogP contribution in [0.15, 0.2) is 36.4 Å². The molecular formula is C11H11NS. The molecule has 66 valence electrons. The van der Waals surface area contributed by atoms with Crippen LogP contribution in [0.5, 0.6) is 0 Å². The highest BCUT2D eigenvalue weighted by Crippen LogP contribution is 2.21. The van der Waals surface area contributed by atoms with Crippen LogP contribution in [0.25, 0.3) is 10.2 Å². The molecule has 2 aromatic rings. The van der Waals surface area contributed by atoms with E-state index >= 15 is 0 Å². The average Bonchev–Trinajstić information content (AvgIpc) is 2.57. The van der Waals surface area contributed by atoms with E-state index in [4.69, 9.17) is 0 Å². The highest BCUT2D eigenvalue weighted by Gasteiger charge is 1.99. The Labute approximate surface area is 81.7 Å². The number of aromatic nitrogens is 1. The number of benzene rings is 1. The second-order valence-corrected chi connectivity index (χ2v) is 3.96. The van der Waals surface area contributed by atoms with Gasteiger partial charge in [0.1, 0.15) is 0 Å². The van der Waals surface area contributed by atoms with Crippen LogP contribution in [0.4, 0.5) is 0 Å². The van der Waals surface area contributed by atoms with Crippen LogP contribution in [0.2, 0.25) is 0 Å². The number of hydrogen-bond donors (Lipinski definition) is 0. The molecular weight excluding hydrogens is 178 g/mol. The fourth-order valence-corrected chi connectivity index (χ4v) is 2.17. The topological polar surface area (TPSA) is 12.9 Å². The first kappa shape index (κ1) is 8.45. The fraction of sp³-hybridized carbons (Fsp3) is 0.182. The summed E-state index contributed by atoms with van der Waals surface area (Å²) in [6.45, 7) is 2.04. The molecule has 13 heavy (non-hydrogen) atoms. The smallest absolute Gasteiger partial charge is 0.0976 e. The van der Waals surface area contributed by atoms with E-state index in [0.29, 0.717) is 0 Å². The molecule has 0 aliphatic carbocycles. The Morgan fingerprint density at radius 3 is 3.00 bits per heavy atom. The predicted octanol–water partition coefficient (Wildman–Crippen LogP) is 3.41.